The summed E-state index contributed by atoms with van der Waals surface area (Å²) in [6, 6.07) is 16.6. The molecule has 1 atom stereocenters. The van der Waals surface area contributed by atoms with Crippen LogP contribution in [0.5, 0.6) is 5.75 Å². The van der Waals surface area contributed by atoms with E-state index >= 15 is 0 Å². The van der Waals surface area contributed by atoms with Crippen molar-refractivity contribution in [3.63, 3.8) is 0 Å². The lowest BCUT2D eigenvalue weighted by atomic mass is 10.0. The summed E-state index contributed by atoms with van der Waals surface area (Å²) >= 11 is 1.79. The van der Waals surface area contributed by atoms with Gasteiger partial charge in [0.05, 0.1) is 6.61 Å². The highest BCUT2D eigenvalue weighted by Gasteiger charge is 2.23. The number of fused-ring (bicyclic) bond motifs is 1. The zero-order chi connectivity index (χ0) is 17.9. The van der Waals surface area contributed by atoms with Gasteiger partial charge in [-0.2, -0.15) is 0 Å². The van der Waals surface area contributed by atoms with E-state index < -0.39 is 0 Å². The Hall–Kier alpha value is -2.04. The second kappa shape index (κ2) is 7.68. The lowest BCUT2D eigenvalue weighted by Gasteiger charge is -2.24. The number of carbonyl (C=O) groups is 1. The third-order valence-corrected chi connectivity index (χ3v) is 6.08. The highest BCUT2D eigenvalue weighted by atomic mass is 32.2. The highest BCUT2D eigenvalue weighted by molar-refractivity contribution is 7.99. The maximum absolute atomic E-state index is 12.7. The van der Waals surface area contributed by atoms with Crippen LogP contribution in [0.15, 0.2) is 59.5 Å². The van der Waals surface area contributed by atoms with Gasteiger partial charge in [0.15, 0.2) is 5.78 Å². The van der Waals surface area contributed by atoms with Gasteiger partial charge in [0.2, 0.25) is 0 Å². The number of ether oxygens (including phenoxy) is 1. The Bertz CT molecular complexity index is 831. The molecule has 0 N–H and O–H groups in total. The molecule has 0 amide bonds. The zero-order valence-corrected chi connectivity index (χ0v) is 15.8. The van der Waals surface area contributed by atoms with E-state index in [1.165, 1.54) is 11.1 Å². The number of ketones is 1. The molecule has 3 nitrogen and oxygen atoms in total. The van der Waals surface area contributed by atoms with Crippen molar-refractivity contribution in [3.05, 3.63) is 65.7 Å². The Kier molecular flexibility index (Phi) is 5.14. The van der Waals surface area contributed by atoms with E-state index in [0.717, 1.165) is 35.1 Å². The average Bonchev–Trinajstić information content (AvgIpc) is 3.18. The van der Waals surface area contributed by atoms with E-state index in [0.29, 0.717) is 13.0 Å². The van der Waals surface area contributed by atoms with Crippen molar-refractivity contribution in [2.75, 3.05) is 25.4 Å². The summed E-state index contributed by atoms with van der Waals surface area (Å²) in [5, 5.41) is 0. The monoisotopic (exact) mass is 365 g/mol. The molecule has 2 heterocycles. The van der Waals surface area contributed by atoms with Crippen LogP contribution in [0.2, 0.25) is 0 Å². The third kappa shape index (κ3) is 3.71. The molecular formula is C22H23NO2S. The van der Waals surface area contributed by atoms with Crippen molar-refractivity contribution in [1.82, 2.24) is 4.90 Å². The van der Waals surface area contributed by atoms with Gasteiger partial charge >= 0.3 is 0 Å². The Balaban J connectivity index is 1.38. The molecule has 1 unspecified atom stereocenters. The van der Waals surface area contributed by atoms with Crippen molar-refractivity contribution < 1.29 is 9.53 Å². The number of thioether (sulfide) groups is 1. The van der Waals surface area contributed by atoms with Crippen LogP contribution in [0.3, 0.4) is 0 Å². The van der Waals surface area contributed by atoms with Crippen LogP contribution in [-0.4, -0.2) is 42.2 Å². The van der Waals surface area contributed by atoms with E-state index in [-0.39, 0.29) is 11.8 Å². The molecule has 0 saturated heterocycles. The van der Waals surface area contributed by atoms with Gasteiger partial charge < -0.3 is 4.74 Å². The van der Waals surface area contributed by atoms with Crippen molar-refractivity contribution in [1.29, 1.82) is 0 Å². The molecule has 0 radical (unpaired) electrons. The number of Topliss-reactive ketones (excluding diaryl/α,β-unsaturated/α-hetero) is 1. The van der Waals surface area contributed by atoms with Crippen LogP contribution in [0.4, 0.5) is 0 Å². The fourth-order valence-corrected chi connectivity index (χ4v) is 4.32. The van der Waals surface area contributed by atoms with Gasteiger partial charge in [-0.05, 0) is 30.2 Å². The highest BCUT2D eigenvalue weighted by Crippen LogP contribution is 2.34. The fraction of sp³-hybridized carbons (Fsp3) is 0.318. The first-order valence-electron chi connectivity index (χ1n) is 9.12. The molecule has 4 rings (SSSR count). The van der Waals surface area contributed by atoms with Crippen LogP contribution in [0.1, 0.15) is 29.3 Å². The van der Waals surface area contributed by atoms with Gasteiger partial charge in [0.25, 0.3) is 0 Å². The minimum absolute atomic E-state index is 0.188. The number of hydrogen-bond donors (Lipinski definition) is 0. The maximum atomic E-state index is 12.7. The van der Waals surface area contributed by atoms with Gasteiger partial charge in [-0.3, -0.25) is 9.69 Å². The van der Waals surface area contributed by atoms with Crippen LogP contribution in [-0.2, 0) is 0 Å². The van der Waals surface area contributed by atoms with Gasteiger partial charge in [-0.25, -0.2) is 0 Å². The second-order valence-corrected chi connectivity index (χ2v) is 8.00. The van der Waals surface area contributed by atoms with Crippen molar-refractivity contribution >= 4 is 23.1 Å². The normalized spacial score (nSPS) is 18.0. The first-order chi connectivity index (χ1) is 12.7. The quantitative estimate of drug-likeness (QED) is 0.728. The van der Waals surface area contributed by atoms with E-state index in [1.54, 1.807) is 11.8 Å². The van der Waals surface area contributed by atoms with Gasteiger partial charge in [-0.1, -0.05) is 42.5 Å². The molecule has 0 saturated carbocycles. The summed E-state index contributed by atoms with van der Waals surface area (Å²) in [5.74, 6) is 2.02. The largest absolute Gasteiger partial charge is 0.492 e. The van der Waals surface area contributed by atoms with E-state index in [4.69, 9.17) is 4.74 Å². The van der Waals surface area contributed by atoms with Gasteiger partial charge in [-0.15, -0.1) is 11.8 Å². The topological polar surface area (TPSA) is 29.5 Å². The summed E-state index contributed by atoms with van der Waals surface area (Å²) in [7, 11) is 0. The minimum Gasteiger partial charge on any atom is -0.492 e. The molecule has 2 aliphatic rings. The van der Waals surface area contributed by atoms with Crippen LogP contribution >= 0.6 is 11.8 Å². The van der Waals surface area contributed by atoms with E-state index in [1.807, 2.05) is 24.3 Å². The summed E-state index contributed by atoms with van der Waals surface area (Å²) in [5.41, 5.74) is 3.38. The Labute approximate surface area is 159 Å². The molecule has 0 spiro atoms. The molecule has 2 aromatic carbocycles. The maximum Gasteiger partial charge on any atom is 0.164 e. The zero-order valence-electron chi connectivity index (χ0n) is 15.0. The van der Waals surface area contributed by atoms with Crippen LogP contribution < -0.4 is 4.74 Å². The lowest BCUT2D eigenvalue weighted by Crippen LogP contribution is -2.33. The standard InChI is InChI=1S/C22H23NO2S/c1-16(23-10-9-19(15-23)17-5-3-2-4-6-17)13-20(24)18-7-8-22-21(14-18)25-11-12-26-22/h2-9,14,16H,10-13,15H2,1H3. The molecule has 26 heavy (non-hydrogen) atoms. The third-order valence-electron chi connectivity index (χ3n) is 5.06. The first-order valence-corrected chi connectivity index (χ1v) is 10.1. The van der Waals surface area contributed by atoms with Crippen LogP contribution in [0.25, 0.3) is 5.57 Å². The van der Waals surface area contributed by atoms with Crippen molar-refractivity contribution in [2.24, 2.45) is 0 Å². The van der Waals surface area contributed by atoms with E-state index in [9.17, 15) is 4.79 Å². The minimum atomic E-state index is 0.188. The number of rotatable bonds is 5. The lowest BCUT2D eigenvalue weighted by molar-refractivity contribution is 0.0943. The first kappa shape index (κ1) is 17.4. The average molecular weight is 365 g/mol. The fourth-order valence-electron chi connectivity index (χ4n) is 3.50. The Morgan fingerprint density at radius 3 is 2.92 bits per heavy atom. The molecule has 134 valence electrons. The molecule has 2 aliphatic heterocycles. The summed E-state index contributed by atoms with van der Waals surface area (Å²) in [6.07, 6.45) is 2.81. The summed E-state index contributed by atoms with van der Waals surface area (Å²) in [4.78, 5) is 16.2. The summed E-state index contributed by atoms with van der Waals surface area (Å²) < 4.78 is 5.69. The Morgan fingerprint density at radius 2 is 2.08 bits per heavy atom. The number of benzene rings is 2. The number of nitrogens with zero attached hydrogens (tertiary/aromatic N) is 1. The second-order valence-electron chi connectivity index (χ2n) is 6.86. The molecule has 2 aromatic rings. The van der Waals surface area contributed by atoms with Crippen LogP contribution in [0, 0.1) is 0 Å². The predicted molar refractivity (Wildman–Crippen MR) is 107 cm³/mol. The number of hydrogen-bond acceptors (Lipinski definition) is 4. The van der Waals surface area contributed by atoms with Gasteiger partial charge in [0, 0.05) is 41.8 Å². The molecular weight excluding hydrogens is 342 g/mol. The summed E-state index contributed by atoms with van der Waals surface area (Å²) in [6.45, 7) is 4.67. The number of carbonyl (C=O) groups excluding carboxylic acids is 1. The molecule has 0 fully saturated rings. The van der Waals surface area contributed by atoms with Gasteiger partial charge in [0.1, 0.15) is 5.75 Å². The predicted octanol–water partition coefficient (Wildman–Crippen LogP) is 4.53. The molecule has 0 bridgehead atoms. The Morgan fingerprint density at radius 1 is 1.23 bits per heavy atom. The molecule has 0 aromatic heterocycles. The molecule has 4 heteroatoms. The molecule has 0 aliphatic carbocycles. The smallest absolute Gasteiger partial charge is 0.164 e. The van der Waals surface area contributed by atoms with Crippen molar-refractivity contribution in [3.8, 4) is 5.75 Å². The van der Waals surface area contributed by atoms with E-state index in [2.05, 4.69) is 42.2 Å². The SMILES string of the molecule is CC(CC(=O)c1ccc2c(c1)OCCS2)N1CC=C(c2ccccc2)C1. The van der Waals surface area contributed by atoms with Crippen molar-refractivity contribution in [2.45, 2.75) is 24.3 Å².